The SMILES string of the molecule is Oc1c(O)c(-c2ccc(-c3cc(-c4ccccn4)nc(-c4ccccn4)c3)cc2)c(-c2ccc(-c3cc(-c4ccccn4)nc(-c4ccccn4)c3)cc2)c(-c2ccc(-c3cc(-c4ccccn4)nc(-c4ccccn4)c3)cc2)c1O. The van der Waals surface area contributed by atoms with Crippen molar-refractivity contribution in [1.29, 1.82) is 0 Å². The highest BCUT2D eigenvalue weighted by atomic mass is 16.3. The normalized spacial score (nSPS) is 11.1. The van der Waals surface area contributed by atoms with Gasteiger partial charge in [-0.3, -0.25) is 29.9 Å². The van der Waals surface area contributed by atoms with E-state index in [0.717, 1.165) is 33.4 Å². The molecule has 9 aromatic heterocycles. The summed E-state index contributed by atoms with van der Waals surface area (Å²) in [6.45, 7) is 0. The summed E-state index contributed by atoms with van der Waals surface area (Å²) in [4.78, 5) is 42.6. The molecule has 0 saturated carbocycles. The molecule has 0 radical (unpaired) electrons. The molecular weight excluding hydrogens is 1000 g/mol. The summed E-state index contributed by atoms with van der Waals surface area (Å²) in [6.07, 6.45) is 10.4. The zero-order valence-corrected chi connectivity index (χ0v) is 43.1. The van der Waals surface area contributed by atoms with Gasteiger partial charge in [-0.05, 0) is 159 Å². The first kappa shape index (κ1) is 49.2. The molecule has 12 heteroatoms. The molecule has 4 aromatic carbocycles. The minimum Gasteiger partial charge on any atom is -0.504 e. The highest BCUT2D eigenvalue weighted by molar-refractivity contribution is 6.03. The maximum atomic E-state index is 12.2. The molecular formula is C69H45N9O3. The van der Waals surface area contributed by atoms with Crippen LogP contribution in [0.1, 0.15) is 0 Å². The third kappa shape index (κ3) is 9.99. The molecule has 0 atom stereocenters. The molecule has 3 N–H and O–H groups in total. The van der Waals surface area contributed by atoms with E-state index in [4.69, 9.17) is 15.0 Å². The van der Waals surface area contributed by atoms with Crippen LogP contribution in [0.4, 0.5) is 0 Å². The summed E-state index contributed by atoms with van der Waals surface area (Å²) in [6, 6.07) is 69.7. The van der Waals surface area contributed by atoms with Crippen molar-refractivity contribution in [2.45, 2.75) is 0 Å². The number of aromatic nitrogens is 9. The van der Waals surface area contributed by atoms with Gasteiger partial charge in [-0.1, -0.05) is 109 Å². The van der Waals surface area contributed by atoms with E-state index in [-0.39, 0.29) is 0 Å². The highest BCUT2D eigenvalue weighted by Crippen LogP contribution is 2.55. The Morgan fingerprint density at radius 3 is 0.605 bits per heavy atom. The fourth-order valence-electron chi connectivity index (χ4n) is 10.0. The van der Waals surface area contributed by atoms with Crippen molar-refractivity contribution in [3.63, 3.8) is 0 Å². The average Bonchev–Trinajstić information content (AvgIpc) is 3.60. The zero-order valence-electron chi connectivity index (χ0n) is 43.1. The quantitative estimate of drug-likeness (QED) is 0.0989. The van der Waals surface area contributed by atoms with Crippen LogP contribution >= 0.6 is 0 Å². The van der Waals surface area contributed by atoms with Crippen LogP contribution in [0.3, 0.4) is 0 Å². The van der Waals surface area contributed by atoms with E-state index in [1.807, 2.05) is 218 Å². The highest BCUT2D eigenvalue weighted by Gasteiger charge is 2.27. The van der Waals surface area contributed by atoms with Crippen molar-refractivity contribution in [3.05, 3.63) is 256 Å². The molecule has 384 valence electrons. The molecule has 12 nitrogen and oxygen atoms in total. The summed E-state index contributed by atoms with van der Waals surface area (Å²) in [5.74, 6) is -1.61. The maximum Gasteiger partial charge on any atom is 0.201 e. The molecule has 0 aliphatic rings. The number of hydrogen-bond donors (Lipinski definition) is 3. The van der Waals surface area contributed by atoms with Gasteiger partial charge in [0, 0.05) is 53.9 Å². The Kier molecular flexibility index (Phi) is 13.1. The van der Waals surface area contributed by atoms with Gasteiger partial charge in [0.05, 0.1) is 68.3 Å². The number of nitrogens with zero attached hydrogens (tertiary/aromatic N) is 9. The van der Waals surface area contributed by atoms with E-state index in [1.165, 1.54) is 0 Å². The fourth-order valence-corrected chi connectivity index (χ4v) is 10.0. The van der Waals surface area contributed by atoms with E-state index in [2.05, 4.69) is 29.9 Å². The van der Waals surface area contributed by atoms with Gasteiger partial charge in [-0.2, -0.15) is 0 Å². The van der Waals surface area contributed by atoms with Gasteiger partial charge in [0.15, 0.2) is 11.5 Å². The van der Waals surface area contributed by atoms with E-state index in [0.29, 0.717) is 102 Å². The van der Waals surface area contributed by atoms with Crippen molar-refractivity contribution < 1.29 is 15.3 Å². The first-order valence-corrected chi connectivity index (χ1v) is 26.1. The van der Waals surface area contributed by atoms with Crippen LogP contribution in [-0.2, 0) is 0 Å². The predicted molar refractivity (Wildman–Crippen MR) is 317 cm³/mol. The van der Waals surface area contributed by atoms with Crippen LogP contribution in [0.15, 0.2) is 256 Å². The Balaban J connectivity index is 0.960. The lowest BCUT2D eigenvalue weighted by Crippen LogP contribution is -1.96. The van der Waals surface area contributed by atoms with Gasteiger partial charge in [-0.25, -0.2) is 15.0 Å². The second-order valence-corrected chi connectivity index (χ2v) is 19.1. The lowest BCUT2D eigenvalue weighted by molar-refractivity contribution is 0.370. The Labute approximate surface area is 465 Å². The van der Waals surface area contributed by atoms with Crippen LogP contribution in [0.25, 0.3) is 135 Å². The number of hydrogen-bond acceptors (Lipinski definition) is 12. The summed E-state index contributed by atoms with van der Waals surface area (Å²) < 4.78 is 0. The minimum atomic E-state index is -0.655. The van der Waals surface area contributed by atoms with Gasteiger partial charge < -0.3 is 15.3 Å². The fraction of sp³-hybridized carbons (Fsp3) is 0. The molecule has 0 aliphatic carbocycles. The van der Waals surface area contributed by atoms with Gasteiger partial charge in [0.25, 0.3) is 0 Å². The van der Waals surface area contributed by atoms with Crippen LogP contribution < -0.4 is 0 Å². The average molecular weight is 1050 g/mol. The molecule has 13 rings (SSSR count). The second kappa shape index (κ2) is 21.6. The van der Waals surface area contributed by atoms with E-state index in [1.54, 1.807) is 37.2 Å². The topological polar surface area (TPSA) is 177 Å². The monoisotopic (exact) mass is 1050 g/mol. The van der Waals surface area contributed by atoms with Crippen LogP contribution in [-0.4, -0.2) is 60.2 Å². The summed E-state index contributed by atoms with van der Waals surface area (Å²) in [7, 11) is 0. The Morgan fingerprint density at radius 1 is 0.185 bits per heavy atom. The van der Waals surface area contributed by atoms with Crippen molar-refractivity contribution >= 4 is 0 Å². The summed E-state index contributed by atoms with van der Waals surface area (Å²) in [5.41, 5.74) is 16.5. The molecule has 0 spiro atoms. The first-order valence-electron chi connectivity index (χ1n) is 26.1. The van der Waals surface area contributed by atoms with E-state index < -0.39 is 17.2 Å². The van der Waals surface area contributed by atoms with Crippen molar-refractivity contribution in [1.82, 2.24) is 44.9 Å². The van der Waals surface area contributed by atoms with Gasteiger partial charge in [0.1, 0.15) is 0 Å². The molecule has 0 aliphatic heterocycles. The second-order valence-electron chi connectivity index (χ2n) is 19.1. The minimum absolute atomic E-state index is 0.315. The molecule has 0 amide bonds. The molecule has 0 saturated heterocycles. The molecule has 81 heavy (non-hydrogen) atoms. The number of phenolic OH excluding ortho intramolecular Hbond substituents is 3. The predicted octanol–water partition coefficient (Wildman–Crippen LogP) is 15.4. The van der Waals surface area contributed by atoms with Crippen molar-refractivity contribution in [2.24, 2.45) is 0 Å². The van der Waals surface area contributed by atoms with Gasteiger partial charge >= 0.3 is 0 Å². The largest absolute Gasteiger partial charge is 0.504 e. The Bertz CT molecular complexity index is 4000. The first-order chi connectivity index (χ1) is 39.9. The van der Waals surface area contributed by atoms with Crippen LogP contribution in [0.2, 0.25) is 0 Å². The Morgan fingerprint density at radius 2 is 0.395 bits per heavy atom. The van der Waals surface area contributed by atoms with E-state index in [9.17, 15) is 15.3 Å². The van der Waals surface area contributed by atoms with Crippen LogP contribution in [0, 0.1) is 0 Å². The molecule has 0 bridgehead atoms. The lowest BCUT2D eigenvalue weighted by atomic mass is 9.84. The van der Waals surface area contributed by atoms with Crippen molar-refractivity contribution in [3.8, 4) is 152 Å². The van der Waals surface area contributed by atoms with Crippen molar-refractivity contribution in [2.75, 3.05) is 0 Å². The van der Waals surface area contributed by atoms with Crippen LogP contribution in [0.5, 0.6) is 17.2 Å². The maximum absolute atomic E-state index is 12.2. The molecule has 9 heterocycles. The molecule has 13 aromatic rings. The molecule has 0 fully saturated rings. The van der Waals surface area contributed by atoms with Gasteiger partial charge in [0.2, 0.25) is 5.75 Å². The number of aromatic hydroxyl groups is 3. The molecule has 0 unspecified atom stereocenters. The smallest absolute Gasteiger partial charge is 0.201 e. The third-order valence-electron chi connectivity index (χ3n) is 14.0. The summed E-state index contributed by atoms with van der Waals surface area (Å²) in [5, 5.41) is 36.3. The van der Waals surface area contributed by atoms with Gasteiger partial charge in [-0.15, -0.1) is 0 Å². The zero-order chi connectivity index (χ0) is 54.7. The Hall–Kier alpha value is -11.4. The number of pyridine rings is 9. The third-order valence-corrected chi connectivity index (χ3v) is 14.0. The number of phenols is 3. The standard InChI is InChI=1S/C69H45N9O3/c79-67-65(47-27-21-44(22-28-47)50-39-60(54-15-3-9-33-72-54)77-61(40-50)55-16-4-10-34-73-55)64(46-25-19-43(20-26-46)49-37-58(52-13-1-7-31-70-52)76-59(38-49)53-14-2-8-32-71-53)66(68(80)69(67)81)48-29-23-45(24-30-48)51-41-62(56-17-5-11-35-74-56)78-63(42-51)57-18-6-12-36-75-57/h1-42,79-81H. The number of rotatable bonds is 12. The summed E-state index contributed by atoms with van der Waals surface area (Å²) >= 11 is 0. The van der Waals surface area contributed by atoms with E-state index >= 15 is 0 Å². The lowest BCUT2D eigenvalue weighted by Gasteiger charge is -2.21. The number of benzene rings is 4.